The Kier molecular flexibility index (Phi) is 4.32. The highest BCUT2D eigenvalue weighted by Gasteiger charge is 2.41. The molecule has 1 atom stereocenters. The molecule has 6 nitrogen and oxygen atoms in total. The Hall–Kier alpha value is -1.12. The molecule has 1 aromatic rings. The van der Waals surface area contributed by atoms with Gasteiger partial charge in [-0.25, -0.2) is 21.6 Å². The number of sulfonamides is 1. The van der Waals surface area contributed by atoms with Crippen LogP contribution in [-0.2, 0) is 19.9 Å². The Bertz CT molecular complexity index is 709. The Balaban J connectivity index is 2.19. The molecule has 1 aliphatic heterocycles. The fourth-order valence-corrected chi connectivity index (χ4v) is 5.98. The maximum atomic E-state index is 12.3. The maximum absolute atomic E-state index is 12.3. The van der Waals surface area contributed by atoms with Gasteiger partial charge < -0.3 is 4.74 Å². The molecule has 1 fully saturated rings. The second kappa shape index (κ2) is 5.58. The lowest BCUT2D eigenvalue weighted by molar-refractivity contribution is 0.340. The van der Waals surface area contributed by atoms with E-state index in [1.54, 1.807) is 19.1 Å². The van der Waals surface area contributed by atoms with E-state index in [1.165, 1.54) is 12.1 Å². The lowest BCUT2D eigenvalue weighted by Gasteiger charge is -2.23. The van der Waals surface area contributed by atoms with Gasteiger partial charge in [-0.3, -0.25) is 0 Å². The highest BCUT2D eigenvalue weighted by Crippen LogP contribution is 2.25. The van der Waals surface area contributed by atoms with Crippen molar-refractivity contribution in [1.82, 2.24) is 4.72 Å². The molecule has 2 rings (SSSR count). The second-order valence-electron chi connectivity index (χ2n) is 5.41. The zero-order valence-electron chi connectivity index (χ0n) is 12.0. The summed E-state index contributed by atoms with van der Waals surface area (Å²) in [5.41, 5.74) is -0.948. The monoisotopic (exact) mass is 333 g/mol. The third kappa shape index (κ3) is 3.96. The quantitative estimate of drug-likeness (QED) is 0.866. The fraction of sp³-hybridized carbons (Fsp3) is 0.538. The van der Waals surface area contributed by atoms with Gasteiger partial charge in [0.25, 0.3) is 0 Å². The Morgan fingerprint density at radius 1 is 1.29 bits per heavy atom. The van der Waals surface area contributed by atoms with Gasteiger partial charge in [0.2, 0.25) is 10.0 Å². The van der Waals surface area contributed by atoms with Gasteiger partial charge in [-0.15, -0.1) is 0 Å². The predicted octanol–water partition coefficient (Wildman–Crippen LogP) is 0.941. The normalized spacial score (nSPS) is 24.9. The summed E-state index contributed by atoms with van der Waals surface area (Å²) in [5, 5.41) is 0. The van der Waals surface area contributed by atoms with Gasteiger partial charge in [-0.1, -0.05) is 0 Å². The number of rotatable bonds is 5. The Morgan fingerprint density at radius 2 is 1.90 bits per heavy atom. The molecule has 0 unspecified atom stereocenters. The highest BCUT2D eigenvalue weighted by molar-refractivity contribution is 7.92. The summed E-state index contributed by atoms with van der Waals surface area (Å²) in [5.74, 6) is 0.428. The first-order valence-electron chi connectivity index (χ1n) is 6.63. The average molecular weight is 333 g/mol. The first-order valence-corrected chi connectivity index (χ1v) is 9.94. The molecule has 118 valence electrons. The summed E-state index contributed by atoms with van der Waals surface area (Å²) >= 11 is 0. The lowest BCUT2D eigenvalue weighted by atomic mass is 10.0. The van der Waals surface area contributed by atoms with Crippen LogP contribution in [0.15, 0.2) is 29.2 Å². The molecular weight excluding hydrogens is 314 g/mol. The van der Waals surface area contributed by atoms with Crippen molar-refractivity contribution in [1.29, 1.82) is 0 Å². The van der Waals surface area contributed by atoms with Gasteiger partial charge in [0.1, 0.15) is 5.75 Å². The number of ether oxygens (including phenoxy) is 1. The maximum Gasteiger partial charge on any atom is 0.241 e. The number of sulfone groups is 1. The first kappa shape index (κ1) is 16.3. The van der Waals surface area contributed by atoms with E-state index in [4.69, 9.17) is 4.74 Å². The van der Waals surface area contributed by atoms with Gasteiger partial charge in [-0.2, -0.15) is 0 Å². The molecule has 1 aliphatic rings. The van der Waals surface area contributed by atoms with Crippen molar-refractivity contribution in [3.05, 3.63) is 24.3 Å². The van der Waals surface area contributed by atoms with Crippen LogP contribution in [0.5, 0.6) is 5.75 Å². The van der Waals surface area contributed by atoms with Gasteiger partial charge in [0, 0.05) is 5.54 Å². The fourth-order valence-electron chi connectivity index (χ4n) is 2.36. The highest BCUT2D eigenvalue weighted by atomic mass is 32.2. The van der Waals surface area contributed by atoms with E-state index >= 15 is 0 Å². The van der Waals surface area contributed by atoms with Crippen molar-refractivity contribution < 1.29 is 21.6 Å². The molecule has 0 saturated carbocycles. The molecule has 0 spiro atoms. The molecule has 0 aliphatic carbocycles. The van der Waals surface area contributed by atoms with Gasteiger partial charge in [-0.05, 0) is 44.5 Å². The molecule has 1 saturated heterocycles. The van der Waals surface area contributed by atoms with E-state index in [0.29, 0.717) is 12.4 Å². The first-order chi connectivity index (χ1) is 9.66. The number of hydrogen-bond acceptors (Lipinski definition) is 5. The summed E-state index contributed by atoms with van der Waals surface area (Å²) in [4.78, 5) is 0.0940. The van der Waals surface area contributed by atoms with Gasteiger partial charge >= 0.3 is 0 Å². The van der Waals surface area contributed by atoms with Crippen LogP contribution < -0.4 is 9.46 Å². The number of nitrogens with one attached hydrogen (secondary N) is 1. The molecule has 0 bridgehead atoms. The zero-order chi connectivity index (χ0) is 15.7. The van der Waals surface area contributed by atoms with Crippen LogP contribution in [0, 0.1) is 0 Å². The summed E-state index contributed by atoms with van der Waals surface area (Å²) in [7, 11) is -6.92. The Morgan fingerprint density at radius 3 is 2.38 bits per heavy atom. The molecule has 1 aromatic carbocycles. The van der Waals surface area contributed by atoms with Crippen molar-refractivity contribution in [3.8, 4) is 5.75 Å². The molecule has 0 aromatic heterocycles. The average Bonchev–Trinajstić information content (AvgIpc) is 2.63. The molecule has 0 radical (unpaired) electrons. The number of hydrogen-bond donors (Lipinski definition) is 1. The van der Waals surface area contributed by atoms with Crippen LogP contribution in [0.2, 0.25) is 0 Å². The van der Waals surface area contributed by atoms with Crippen LogP contribution in [0.4, 0.5) is 0 Å². The Labute approximate surface area is 125 Å². The summed E-state index contributed by atoms with van der Waals surface area (Å²) in [6.07, 6.45) is 0.283. The molecule has 1 N–H and O–H groups in total. The third-order valence-corrected chi connectivity index (χ3v) is 6.89. The smallest absolute Gasteiger partial charge is 0.241 e. The van der Waals surface area contributed by atoms with Crippen LogP contribution in [0.3, 0.4) is 0 Å². The van der Waals surface area contributed by atoms with Crippen LogP contribution >= 0.6 is 0 Å². The number of benzene rings is 1. The second-order valence-corrected chi connectivity index (χ2v) is 9.28. The summed E-state index contributed by atoms with van der Waals surface area (Å²) in [6, 6.07) is 6.04. The molecule has 1 heterocycles. The SMILES string of the molecule is CCOc1ccc(S(=O)(=O)N[C@@]2(C)CCS(=O)(=O)C2)cc1. The van der Waals surface area contributed by atoms with E-state index in [9.17, 15) is 16.8 Å². The summed E-state index contributed by atoms with van der Waals surface area (Å²) in [6.45, 7) is 3.96. The van der Waals surface area contributed by atoms with Crippen LogP contribution in [0.1, 0.15) is 20.3 Å². The van der Waals surface area contributed by atoms with Crippen molar-refractivity contribution >= 4 is 19.9 Å². The topological polar surface area (TPSA) is 89.5 Å². The van der Waals surface area contributed by atoms with E-state index in [0.717, 1.165) is 0 Å². The van der Waals surface area contributed by atoms with Crippen molar-refractivity contribution in [2.75, 3.05) is 18.1 Å². The minimum Gasteiger partial charge on any atom is -0.494 e. The van der Waals surface area contributed by atoms with Crippen LogP contribution in [-0.4, -0.2) is 40.5 Å². The predicted molar refractivity (Wildman–Crippen MR) is 79.6 cm³/mol. The minimum atomic E-state index is -3.75. The largest absolute Gasteiger partial charge is 0.494 e. The van der Waals surface area contributed by atoms with E-state index in [1.807, 2.05) is 6.92 Å². The molecular formula is C13H19NO5S2. The van der Waals surface area contributed by atoms with Crippen molar-refractivity contribution in [2.24, 2.45) is 0 Å². The van der Waals surface area contributed by atoms with Crippen molar-refractivity contribution in [2.45, 2.75) is 30.7 Å². The lowest BCUT2D eigenvalue weighted by Crippen LogP contribution is -2.46. The minimum absolute atomic E-state index is 0.00922. The van der Waals surface area contributed by atoms with Crippen molar-refractivity contribution in [3.63, 3.8) is 0 Å². The van der Waals surface area contributed by atoms with Gasteiger partial charge in [0.05, 0.1) is 23.0 Å². The zero-order valence-corrected chi connectivity index (χ0v) is 13.6. The van der Waals surface area contributed by atoms with E-state index in [-0.39, 0.29) is 22.8 Å². The summed E-state index contributed by atoms with van der Waals surface area (Å²) < 4.78 is 55.5. The molecule has 8 heteroatoms. The van der Waals surface area contributed by atoms with Gasteiger partial charge in [0.15, 0.2) is 9.84 Å². The third-order valence-electron chi connectivity index (χ3n) is 3.33. The van der Waals surface area contributed by atoms with E-state index in [2.05, 4.69) is 4.72 Å². The molecule has 21 heavy (non-hydrogen) atoms. The standard InChI is InChI=1S/C13H19NO5S2/c1-3-19-11-4-6-12(7-5-11)21(17,18)14-13(2)8-9-20(15,16)10-13/h4-7,14H,3,8-10H2,1-2H3/t13-/m0/s1. The van der Waals surface area contributed by atoms with E-state index < -0.39 is 25.4 Å². The van der Waals surface area contributed by atoms with Crippen LogP contribution in [0.25, 0.3) is 0 Å². The molecule has 0 amide bonds.